The van der Waals surface area contributed by atoms with Crippen molar-refractivity contribution in [3.05, 3.63) is 18.2 Å². The Morgan fingerprint density at radius 1 is 1.14 bits per heavy atom. The molecule has 1 aromatic rings. The van der Waals surface area contributed by atoms with Gasteiger partial charge in [-0.2, -0.15) is 4.31 Å². The summed E-state index contributed by atoms with van der Waals surface area (Å²) in [7, 11) is 1.11. The largest absolute Gasteiger partial charge is 0.493 e. The minimum atomic E-state index is -3.52. The second-order valence-electron chi connectivity index (χ2n) is 5.39. The zero-order valence-electron chi connectivity index (χ0n) is 13.4. The van der Waals surface area contributed by atoms with Crippen LogP contribution >= 0.6 is 0 Å². The fourth-order valence-electron chi connectivity index (χ4n) is 2.57. The number of sulfonamides is 1. The Morgan fingerprint density at radius 3 is 2.36 bits per heavy atom. The van der Waals surface area contributed by atoms with Crippen molar-refractivity contribution in [2.75, 3.05) is 47.4 Å². The smallest absolute Gasteiger partial charge is 0.242 e. The third kappa shape index (κ3) is 3.71. The maximum Gasteiger partial charge on any atom is 0.242 e. The predicted octanol–water partition coefficient (Wildman–Crippen LogP) is 1.42. The zero-order valence-corrected chi connectivity index (χ0v) is 14.2. The number of methoxy groups -OCH3 is 2. The topological polar surface area (TPSA) is 59.1 Å². The van der Waals surface area contributed by atoms with Crippen LogP contribution < -0.4 is 9.47 Å². The number of hydrogen-bond donors (Lipinski definition) is 0. The third-order valence-corrected chi connectivity index (χ3v) is 5.85. The standard InChI is InChI=1S/C15H24N2O4S/c1-16(10-11-17-8-4-5-9-17)22(18,19)13-6-7-14(20-2)15(12-13)21-3/h6-7,12H,4-5,8-11H2,1-3H3. The van der Waals surface area contributed by atoms with Crippen molar-refractivity contribution in [3.8, 4) is 11.5 Å². The third-order valence-electron chi connectivity index (χ3n) is 3.99. The average molecular weight is 328 g/mol. The minimum absolute atomic E-state index is 0.217. The molecule has 6 nitrogen and oxygen atoms in total. The Morgan fingerprint density at radius 2 is 1.77 bits per heavy atom. The van der Waals surface area contributed by atoms with E-state index in [0.717, 1.165) is 19.6 Å². The fourth-order valence-corrected chi connectivity index (χ4v) is 3.74. The number of nitrogens with zero attached hydrogens (tertiary/aromatic N) is 2. The van der Waals surface area contributed by atoms with E-state index in [1.807, 2.05) is 0 Å². The molecular formula is C15H24N2O4S. The maximum absolute atomic E-state index is 12.6. The van der Waals surface area contributed by atoms with Gasteiger partial charge in [0.05, 0.1) is 19.1 Å². The van der Waals surface area contributed by atoms with Gasteiger partial charge in [0.15, 0.2) is 11.5 Å². The van der Waals surface area contributed by atoms with Crippen LogP contribution in [0.15, 0.2) is 23.1 Å². The molecule has 0 aliphatic carbocycles. The second-order valence-corrected chi connectivity index (χ2v) is 7.44. The molecule has 0 N–H and O–H groups in total. The van der Waals surface area contributed by atoms with E-state index in [1.165, 1.54) is 37.4 Å². The van der Waals surface area contributed by atoms with Crippen LogP contribution in [0.1, 0.15) is 12.8 Å². The summed E-state index contributed by atoms with van der Waals surface area (Å²) in [5.41, 5.74) is 0. The molecular weight excluding hydrogens is 304 g/mol. The molecule has 0 bridgehead atoms. The minimum Gasteiger partial charge on any atom is -0.493 e. The number of likely N-dealkylation sites (N-methyl/N-ethyl adjacent to an activating group) is 1. The van der Waals surface area contributed by atoms with E-state index in [9.17, 15) is 8.42 Å². The van der Waals surface area contributed by atoms with E-state index < -0.39 is 10.0 Å². The van der Waals surface area contributed by atoms with Crippen molar-refractivity contribution in [1.29, 1.82) is 0 Å². The highest BCUT2D eigenvalue weighted by Crippen LogP contribution is 2.30. The van der Waals surface area contributed by atoms with Crippen LogP contribution in [0, 0.1) is 0 Å². The van der Waals surface area contributed by atoms with Gasteiger partial charge in [-0.1, -0.05) is 0 Å². The summed E-state index contributed by atoms with van der Waals surface area (Å²) in [5, 5.41) is 0. The summed E-state index contributed by atoms with van der Waals surface area (Å²) < 4.78 is 36.9. The van der Waals surface area contributed by atoms with E-state index in [2.05, 4.69) is 4.90 Å². The van der Waals surface area contributed by atoms with Crippen LogP contribution in [0.25, 0.3) is 0 Å². The van der Waals surface area contributed by atoms with E-state index >= 15 is 0 Å². The molecule has 1 aliphatic heterocycles. The first-order chi connectivity index (χ1) is 10.5. The number of ether oxygens (including phenoxy) is 2. The first-order valence-electron chi connectivity index (χ1n) is 7.39. The molecule has 124 valence electrons. The molecule has 0 radical (unpaired) electrons. The molecule has 1 heterocycles. The van der Waals surface area contributed by atoms with Crippen LogP contribution in [0.4, 0.5) is 0 Å². The highest BCUT2D eigenvalue weighted by molar-refractivity contribution is 7.89. The van der Waals surface area contributed by atoms with Crippen LogP contribution in [0.2, 0.25) is 0 Å². The van der Waals surface area contributed by atoms with Gasteiger partial charge in [0.25, 0.3) is 0 Å². The van der Waals surface area contributed by atoms with Crippen LogP contribution in [0.3, 0.4) is 0 Å². The molecule has 7 heteroatoms. The monoisotopic (exact) mass is 328 g/mol. The molecule has 0 amide bonds. The van der Waals surface area contributed by atoms with E-state index in [-0.39, 0.29) is 4.90 Å². The van der Waals surface area contributed by atoms with Crippen LogP contribution in [0.5, 0.6) is 11.5 Å². The highest BCUT2D eigenvalue weighted by atomic mass is 32.2. The van der Waals surface area contributed by atoms with Gasteiger partial charge in [-0.05, 0) is 38.1 Å². The Kier molecular flexibility index (Phi) is 5.66. The van der Waals surface area contributed by atoms with Gasteiger partial charge in [-0.25, -0.2) is 8.42 Å². The molecule has 1 aliphatic rings. The number of hydrogen-bond acceptors (Lipinski definition) is 5. The van der Waals surface area contributed by atoms with Crippen molar-refractivity contribution in [2.45, 2.75) is 17.7 Å². The fraction of sp³-hybridized carbons (Fsp3) is 0.600. The molecule has 0 spiro atoms. The van der Waals surface area contributed by atoms with Crippen molar-refractivity contribution >= 4 is 10.0 Å². The first kappa shape index (κ1) is 17.1. The average Bonchev–Trinajstić information content (AvgIpc) is 3.05. The van der Waals surface area contributed by atoms with Crippen molar-refractivity contribution in [1.82, 2.24) is 9.21 Å². The van der Waals surface area contributed by atoms with Gasteiger partial charge in [-0.15, -0.1) is 0 Å². The molecule has 0 aromatic heterocycles. The van der Waals surface area contributed by atoms with Gasteiger partial charge in [0, 0.05) is 26.2 Å². The van der Waals surface area contributed by atoms with Crippen LogP contribution in [-0.4, -0.2) is 65.1 Å². The van der Waals surface area contributed by atoms with Gasteiger partial charge in [0.1, 0.15) is 0 Å². The summed E-state index contributed by atoms with van der Waals surface area (Å²) in [5.74, 6) is 0.928. The molecule has 0 unspecified atom stereocenters. The van der Waals surface area contributed by atoms with Gasteiger partial charge < -0.3 is 14.4 Å². The quantitative estimate of drug-likeness (QED) is 0.758. The lowest BCUT2D eigenvalue weighted by Gasteiger charge is -2.21. The number of benzene rings is 1. The highest BCUT2D eigenvalue weighted by Gasteiger charge is 2.23. The lowest BCUT2D eigenvalue weighted by Crippen LogP contribution is -2.35. The van der Waals surface area contributed by atoms with Crippen molar-refractivity contribution in [3.63, 3.8) is 0 Å². The molecule has 0 saturated carbocycles. The molecule has 1 saturated heterocycles. The predicted molar refractivity (Wildman–Crippen MR) is 85.0 cm³/mol. The Hall–Kier alpha value is -1.31. The maximum atomic E-state index is 12.6. The summed E-state index contributed by atoms with van der Waals surface area (Å²) in [6.45, 7) is 3.37. The van der Waals surface area contributed by atoms with E-state index in [4.69, 9.17) is 9.47 Å². The first-order valence-corrected chi connectivity index (χ1v) is 8.83. The Bertz CT molecular complexity index is 598. The molecule has 1 fully saturated rings. The number of likely N-dealkylation sites (tertiary alicyclic amines) is 1. The number of rotatable bonds is 7. The van der Waals surface area contributed by atoms with Gasteiger partial charge in [0.2, 0.25) is 10.0 Å². The summed E-state index contributed by atoms with van der Waals surface area (Å²) in [4.78, 5) is 2.51. The molecule has 22 heavy (non-hydrogen) atoms. The Labute approximate surface area is 132 Å². The lowest BCUT2D eigenvalue weighted by atomic mass is 10.3. The van der Waals surface area contributed by atoms with E-state index in [0.29, 0.717) is 18.0 Å². The molecule has 2 rings (SSSR count). The van der Waals surface area contributed by atoms with Gasteiger partial charge >= 0.3 is 0 Å². The second kappa shape index (κ2) is 7.30. The normalized spacial score (nSPS) is 16.2. The van der Waals surface area contributed by atoms with E-state index in [1.54, 1.807) is 19.2 Å². The van der Waals surface area contributed by atoms with Crippen molar-refractivity contribution in [2.24, 2.45) is 0 Å². The van der Waals surface area contributed by atoms with Crippen LogP contribution in [-0.2, 0) is 10.0 Å². The summed E-state index contributed by atoms with van der Waals surface area (Å²) in [6, 6.07) is 4.66. The molecule has 0 atom stereocenters. The SMILES string of the molecule is COc1ccc(S(=O)(=O)N(C)CCN2CCCC2)cc1OC. The Balaban J connectivity index is 2.10. The molecule has 1 aromatic carbocycles. The summed E-state index contributed by atoms with van der Waals surface area (Å²) in [6.07, 6.45) is 2.40. The lowest BCUT2D eigenvalue weighted by molar-refractivity contribution is 0.310. The summed E-state index contributed by atoms with van der Waals surface area (Å²) >= 11 is 0. The van der Waals surface area contributed by atoms with Crippen molar-refractivity contribution < 1.29 is 17.9 Å². The van der Waals surface area contributed by atoms with Gasteiger partial charge in [-0.3, -0.25) is 0 Å². The zero-order chi connectivity index (χ0) is 16.2.